The van der Waals surface area contributed by atoms with Gasteiger partial charge in [-0.05, 0) is 30.2 Å². The number of unbranched alkanes of at least 4 members (excludes halogenated alkanes) is 1. The van der Waals surface area contributed by atoms with Gasteiger partial charge >= 0.3 is 0 Å². The van der Waals surface area contributed by atoms with E-state index in [4.69, 9.17) is 10.00 Å². The lowest BCUT2D eigenvalue weighted by Crippen LogP contribution is -2.28. The average molecular weight is 314 g/mol. The van der Waals surface area contributed by atoms with Gasteiger partial charge in [-0.1, -0.05) is 25.5 Å². The van der Waals surface area contributed by atoms with E-state index in [2.05, 4.69) is 6.92 Å². The normalized spacial score (nSPS) is 12.4. The number of hydrogen-bond acceptors (Lipinski definition) is 4. The van der Waals surface area contributed by atoms with Gasteiger partial charge < -0.3 is 9.30 Å². The lowest BCUT2D eigenvalue weighted by Gasteiger charge is -2.04. The van der Waals surface area contributed by atoms with Crippen molar-refractivity contribution in [3.05, 3.63) is 49.4 Å². The van der Waals surface area contributed by atoms with E-state index in [1.807, 2.05) is 36.4 Å². The lowest BCUT2D eigenvalue weighted by molar-refractivity contribution is 0.309. The van der Waals surface area contributed by atoms with Crippen LogP contribution in [0.5, 0.6) is 5.75 Å². The van der Waals surface area contributed by atoms with Crippen molar-refractivity contribution in [3.8, 4) is 11.8 Å². The molecule has 1 aromatic carbocycles. The number of ether oxygens (including phenoxy) is 1. The van der Waals surface area contributed by atoms with Crippen LogP contribution in [0.25, 0.3) is 12.2 Å². The SMILES string of the molecule is CCCCOc1ccc(/C=c2\s/c(=C\C#N)n(C)c2=O)cc1. The Balaban J connectivity index is 2.27. The second-order valence-electron chi connectivity index (χ2n) is 4.86. The van der Waals surface area contributed by atoms with Gasteiger partial charge in [0, 0.05) is 13.1 Å². The maximum absolute atomic E-state index is 12.1. The highest BCUT2D eigenvalue weighted by atomic mass is 32.1. The van der Waals surface area contributed by atoms with Crippen molar-refractivity contribution in [2.45, 2.75) is 19.8 Å². The minimum absolute atomic E-state index is 0.0882. The second kappa shape index (κ2) is 7.62. The predicted molar refractivity (Wildman–Crippen MR) is 89.3 cm³/mol. The Hall–Kier alpha value is -2.32. The van der Waals surface area contributed by atoms with Crippen molar-refractivity contribution in [3.63, 3.8) is 0 Å². The summed E-state index contributed by atoms with van der Waals surface area (Å²) in [6.07, 6.45) is 5.36. The maximum Gasteiger partial charge on any atom is 0.268 e. The van der Waals surface area contributed by atoms with Gasteiger partial charge in [-0.3, -0.25) is 4.79 Å². The summed E-state index contributed by atoms with van der Waals surface area (Å²) in [5.74, 6) is 0.836. The molecule has 5 heteroatoms. The largest absolute Gasteiger partial charge is 0.494 e. The topological polar surface area (TPSA) is 55.0 Å². The molecule has 114 valence electrons. The van der Waals surface area contributed by atoms with Crippen LogP contribution in [0.3, 0.4) is 0 Å². The van der Waals surface area contributed by atoms with Crippen molar-refractivity contribution in [2.24, 2.45) is 7.05 Å². The number of hydrogen-bond donors (Lipinski definition) is 0. The van der Waals surface area contributed by atoms with E-state index in [-0.39, 0.29) is 5.56 Å². The third-order valence-electron chi connectivity index (χ3n) is 3.19. The van der Waals surface area contributed by atoms with E-state index in [0.29, 0.717) is 9.20 Å². The molecule has 1 heterocycles. The van der Waals surface area contributed by atoms with Crippen LogP contribution in [0.1, 0.15) is 25.3 Å². The number of nitriles is 1. The molecule has 22 heavy (non-hydrogen) atoms. The number of nitrogens with zero attached hydrogens (tertiary/aromatic N) is 2. The van der Waals surface area contributed by atoms with E-state index in [0.717, 1.165) is 30.8 Å². The molecule has 1 aromatic heterocycles. The van der Waals surface area contributed by atoms with Crippen LogP contribution in [-0.2, 0) is 7.05 Å². The molecule has 0 spiro atoms. The van der Waals surface area contributed by atoms with E-state index < -0.39 is 0 Å². The van der Waals surface area contributed by atoms with E-state index in [9.17, 15) is 4.79 Å². The Morgan fingerprint density at radius 1 is 1.36 bits per heavy atom. The minimum Gasteiger partial charge on any atom is -0.494 e. The molecule has 0 aliphatic carbocycles. The van der Waals surface area contributed by atoms with E-state index >= 15 is 0 Å². The zero-order valence-electron chi connectivity index (χ0n) is 12.7. The summed E-state index contributed by atoms with van der Waals surface area (Å²) in [7, 11) is 1.67. The molecular weight excluding hydrogens is 296 g/mol. The fourth-order valence-corrected chi connectivity index (χ4v) is 2.88. The Kier molecular flexibility index (Phi) is 5.56. The number of aromatic nitrogens is 1. The molecule has 0 saturated carbocycles. The molecule has 0 aliphatic rings. The van der Waals surface area contributed by atoms with Crippen LogP contribution in [0.15, 0.2) is 29.1 Å². The predicted octanol–water partition coefficient (Wildman–Crippen LogP) is 1.76. The summed E-state index contributed by atoms with van der Waals surface area (Å²) in [5, 5.41) is 8.71. The number of thiazole rings is 1. The maximum atomic E-state index is 12.1. The van der Waals surface area contributed by atoms with Crippen LogP contribution in [-0.4, -0.2) is 11.2 Å². The molecule has 0 atom stereocenters. The Bertz CT molecular complexity index is 839. The van der Waals surface area contributed by atoms with Gasteiger partial charge in [0.15, 0.2) is 0 Å². The molecule has 0 bridgehead atoms. The quantitative estimate of drug-likeness (QED) is 0.790. The van der Waals surface area contributed by atoms with Crippen molar-refractivity contribution < 1.29 is 4.74 Å². The van der Waals surface area contributed by atoms with Gasteiger partial charge in [0.05, 0.1) is 17.2 Å². The van der Waals surface area contributed by atoms with Crippen molar-refractivity contribution in [2.75, 3.05) is 6.61 Å². The number of benzene rings is 1. The summed E-state index contributed by atoms with van der Waals surface area (Å²) in [5.41, 5.74) is 0.847. The molecule has 0 fully saturated rings. The first-order chi connectivity index (χ1) is 10.7. The minimum atomic E-state index is -0.0882. The van der Waals surface area contributed by atoms with Crippen LogP contribution < -0.4 is 19.5 Å². The molecule has 0 radical (unpaired) electrons. The summed E-state index contributed by atoms with van der Waals surface area (Å²) in [6.45, 7) is 2.85. The molecule has 2 rings (SSSR count). The van der Waals surface area contributed by atoms with Gasteiger partial charge in [-0.2, -0.15) is 5.26 Å². The lowest BCUT2D eigenvalue weighted by atomic mass is 10.2. The third-order valence-corrected chi connectivity index (χ3v) is 4.31. The summed E-state index contributed by atoms with van der Waals surface area (Å²) >= 11 is 1.31. The molecular formula is C17H18N2O2S. The van der Waals surface area contributed by atoms with Crippen LogP contribution in [0, 0.1) is 11.3 Å². The first-order valence-corrected chi connectivity index (χ1v) is 7.97. The van der Waals surface area contributed by atoms with Crippen molar-refractivity contribution in [1.29, 1.82) is 5.26 Å². The van der Waals surface area contributed by atoms with Gasteiger partial charge in [-0.15, -0.1) is 11.3 Å². The Morgan fingerprint density at radius 2 is 2.09 bits per heavy atom. The van der Waals surface area contributed by atoms with Gasteiger partial charge in [0.2, 0.25) is 0 Å². The van der Waals surface area contributed by atoms with E-state index in [1.165, 1.54) is 22.0 Å². The van der Waals surface area contributed by atoms with Crippen LogP contribution >= 0.6 is 11.3 Å². The van der Waals surface area contributed by atoms with Crippen molar-refractivity contribution >= 4 is 23.5 Å². The van der Waals surface area contributed by atoms with Gasteiger partial charge in [-0.25, -0.2) is 0 Å². The van der Waals surface area contributed by atoms with Gasteiger partial charge in [0.25, 0.3) is 5.56 Å². The second-order valence-corrected chi connectivity index (χ2v) is 5.92. The monoisotopic (exact) mass is 314 g/mol. The third kappa shape index (κ3) is 3.86. The Labute approximate surface area is 133 Å². The standard InChI is InChI=1S/C17H18N2O2S/c1-3-4-11-21-14-7-5-13(6-8-14)12-15-17(20)19(2)16(22-15)9-10-18/h5-9,12H,3-4,11H2,1-2H3/b15-12-,16-9-. The molecule has 0 unspecified atom stereocenters. The first-order valence-electron chi connectivity index (χ1n) is 7.16. The molecule has 0 saturated heterocycles. The summed E-state index contributed by atoms with van der Waals surface area (Å²) in [6, 6.07) is 9.62. The highest BCUT2D eigenvalue weighted by Gasteiger charge is 2.00. The Morgan fingerprint density at radius 3 is 2.73 bits per heavy atom. The average Bonchev–Trinajstić information content (AvgIpc) is 2.78. The fourth-order valence-electron chi connectivity index (χ4n) is 1.91. The zero-order chi connectivity index (χ0) is 15.9. The fraction of sp³-hybridized carbons (Fsp3) is 0.294. The highest BCUT2D eigenvalue weighted by Crippen LogP contribution is 2.13. The molecule has 4 nitrogen and oxygen atoms in total. The van der Waals surface area contributed by atoms with Crippen molar-refractivity contribution in [1.82, 2.24) is 4.57 Å². The zero-order valence-corrected chi connectivity index (χ0v) is 13.5. The van der Waals surface area contributed by atoms with Crippen LogP contribution in [0.4, 0.5) is 0 Å². The number of rotatable bonds is 5. The molecule has 2 aromatic rings. The summed E-state index contributed by atoms with van der Waals surface area (Å²) < 4.78 is 8.37. The molecule has 0 N–H and O–H groups in total. The van der Waals surface area contributed by atoms with Crippen LogP contribution in [0.2, 0.25) is 0 Å². The highest BCUT2D eigenvalue weighted by molar-refractivity contribution is 7.07. The van der Waals surface area contributed by atoms with E-state index in [1.54, 1.807) is 7.05 Å². The molecule has 0 amide bonds. The van der Waals surface area contributed by atoms with Gasteiger partial charge in [0.1, 0.15) is 10.4 Å². The first kappa shape index (κ1) is 16.1. The molecule has 0 aliphatic heterocycles. The smallest absolute Gasteiger partial charge is 0.268 e. The summed E-state index contributed by atoms with van der Waals surface area (Å²) in [4.78, 5) is 12.1.